The molecule has 2 amide bonds. The van der Waals surface area contributed by atoms with E-state index in [4.69, 9.17) is 28.9 Å². The number of aliphatic imine (C=N–C) groups is 1. The van der Waals surface area contributed by atoms with Crippen molar-refractivity contribution >= 4 is 57.6 Å². The molecule has 5 nitrogen and oxygen atoms in total. The Morgan fingerprint density at radius 2 is 2.00 bits per heavy atom. The Bertz CT molecular complexity index is 681. The number of amidine groups is 1. The van der Waals surface area contributed by atoms with E-state index in [2.05, 4.69) is 10.3 Å². The zero-order valence-corrected chi connectivity index (χ0v) is 14.0. The zero-order valence-electron chi connectivity index (χ0n) is 11.7. The molecule has 22 heavy (non-hydrogen) atoms. The summed E-state index contributed by atoms with van der Waals surface area (Å²) in [5, 5.41) is 3.64. The molecule has 116 valence electrons. The van der Waals surface area contributed by atoms with Crippen molar-refractivity contribution in [2.24, 2.45) is 10.7 Å². The van der Waals surface area contributed by atoms with E-state index in [0.717, 1.165) is 11.8 Å². The van der Waals surface area contributed by atoms with Crippen LogP contribution in [0, 0.1) is 0 Å². The minimum Gasteiger partial charge on any atom is -0.366 e. The minimum absolute atomic E-state index is 0.274. The highest BCUT2D eigenvalue weighted by molar-refractivity contribution is 8.18. The van der Waals surface area contributed by atoms with Crippen molar-refractivity contribution in [1.29, 1.82) is 0 Å². The van der Waals surface area contributed by atoms with E-state index in [1.165, 1.54) is 0 Å². The molecule has 0 bridgehead atoms. The average molecular weight is 358 g/mol. The van der Waals surface area contributed by atoms with Crippen molar-refractivity contribution in [1.82, 2.24) is 5.32 Å². The first kappa shape index (κ1) is 16.9. The molecule has 2 rings (SSSR count). The summed E-state index contributed by atoms with van der Waals surface area (Å²) in [5.41, 5.74) is 6.01. The van der Waals surface area contributed by atoms with Gasteiger partial charge in [-0.3, -0.25) is 9.59 Å². The first-order chi connectivity index (χ1) is 10.4. The van der Waals surface area contributed by atoms with Crippen molar-refractivity contribution in [3.63, 3.8) is 0 Å². The molecule has 0 radical (unpaired) electrons. The zero-order chi connectivity index (χ0) is 16.3. The molecule has 1 heterocycles. The number of halogens is 2. The first-order valence-corrected chi connectivity index (χ1v) is 8.06. The van der Waals surface area contributed by atoms with Crippen LogP contribution >= 0.6 is 35.0 Å². The van der Waals surface area contributed by atoms with Crippen LogP contribution < -0.4 is 11.1 Å². The summed E-state index contributed by atoms with van der Waals surface area (Å²) in [4.78, 5) is 28.0. The molecule has 0 atom stereocenters. The highest BCUT2D eigenvalue weighted by Gasteiger charge is 2.29. The molecular formula is C14H13Cl2N3O2S. The van der Waals surface area contributed by atoms with Crippen LogP contribution in [0.1, 0.15) is 19.8 Å². The van der Waals surface area contributed by atoms with Gasteiger partial charge in [-0.15, -0.1) is 0 Å². The van der Waals surface area contributed by atoms with E-state index in [1.54, 1.807) is 18.2 Å². The number of benzene rings is 1. The number of carbonyl (C=O) groups excluding carboxylic acids is 2. The van der Waals surface area contributed by atoms with Crippen LogP contribution in [0.2, 0.25) is 10.0 Å². The van der Waals surface area contributed by atoms with Crippen LogP contribution in [0.25, 0.3) is 0 Å². The van der Waals surface area contributed by atoms with Gasteiger partial charge in [0.15, 0.2) is 5.17 Å². The topological polar surface area (TPSA) is 84.6 Å². The second kappa shape index (κ2) is 7.17. The Hall–Kier alpha value is -1.50. The minimum atomic E-state index is -0.600. The van der Waals surface area contributed by atoms with Gasteiger partial charge < -0.3 is 11.1 Å². The number of carbonyl (C=O) groups is 2. The Balaban J connectivity index is 2.38. The van der Waals surface area contributed by atoms with Gasteiger partial charge in [0.05, 0.1) is 15.0 Å². The second-order valence-electron chi connectivity index (χ2n) is 4.47. The number of rotatable bonds is 4. The van der Waals surface area contributed by atoms with Crippen molar-refractivity contribution in [2.75, 3.05) is 0 Å². The first-order valence-electron chi connectivity index (χ1n) is 6.49. The predicted molar refractivity (Wildman–Crippen MR) is 90.4 cm³/mol. The SMILES string of the molecule is CCC/C(C(N)=O)=C1/SC(=Nc2c(Cl)cccc2Cl)NC1=O. The monoisotopic (exact) mass is 357 g/mol. The molecular weight excluding hydrogens is 345 g/mol. The molecule has 3 N–H and O–H groups in total. The molecule has 1 aromatic rings. The van der Waals surface area contributed by atoms with Gasteiger partial charge in [0, 0.05) is 5.57 Å². The second-order valence-corrected chi connectivity index (χ2v) is 6.28. The molecule has 0 saturated carbocycles. The number of para-hydroxylation sites is 1. The third-order valence-electron chi connectivity index (χ3n) is 2.85. The van der Waals surface area contributed by atoms with Gasteiger partial charge in [0.2, 0.25) is 5.91 Å². The molecule has 0 spiro atoms. The van der Waals surface area contributed by atoms with Crippen molar-refractivity contribution in [3.05, 3.63) is 38.7 Å². The summed E-state index contributed by atoms with van der Waals surface area (Å²) in [6.07, 6.45) is 1.14. The number of primary amides is 1. The maximum atomic E-state index is 12.0. The molecule has 1 aromatic carbocycles. The number of nitrogens with zero attached hydrogens (tertiary/aromatic N) is 1. The molecule has 0 aliphatic carbocycles. The predicted octanol–water partition coefficient (Wildman–Crippen LogP) is 3.38. The highest BCUT2D eigenvalue weighted by Crippen LogP contribution is 2.36. The molecule has 1 fully saturated rings. The number of hydrogen-bond donors (Lipinski definition) is 2. The van der Waals surface area contributed by atoms with Gasteiger partial charge in [-0.05, 0) is 30.3 Å². The van der Waals surface area contributed by atoms with Crippen LogP contribution in [-0.4, -0.2) is 17.0 Å². The van der Waals surface area contributed by atoms with Crippen molar-refractivity contribution < 1.29 is 9.59 Å². The summed E-state index contributed by atoms with van der Waals surface area (Å²) in [6, 6.07) is 5.00. The Morgan fingerprint density at radius 3 is 2.55 bits per heavy atom. The molecule has 8 heteroatoms. The highest BCUT2D eigenvalue weighted by atomic mass is 35.5. The fourth-order valence-electron chi connectivity index (χ4n) is 1.87. The third-order valence-corrected chi connectivity index (χ3v) is 4.48. The van der Waals surface area contributed by atoms with Gasteiger partial charge in [-0.2, -0.15) is 0 Å². The van der Waals surface area contributed by atoms with Crippen LogP contribution in [0.4, 0.5) is 5.69 Å². The van der Waals surface area contributed by atoms with E-state index >= 15 is 0 Å². The van der Waals surface area contributed by atoms with Crippen LogP contribution in [0.15, 0.2) is 33.7 Å². The maximum Gasteiger partial charge on any atom is 0.264 e. The molecule has 0 unspecified atom stereocenters. The van der Waals surface area contributed by atoms with Gasteiger partial charge in [0.25, 0.3) is 5.91 Å². The normalized spacial score (nSPS) is 18.5. The number of thioether (sulfide) groups is 1. The molecule has 1 aliphatic heterocycles. The van der Waals surface area contributed by atoms with Gasteiger partial charge in [-0.1, -0.05) is 42.6 Å². The Kier molecular flexibility index (Phi) is 5.50. The Morgan fingerprint density at radius 1 is 1.36 bits per heavy atom. The van der Waals surface area contributed by atoms with Crippen molar-refractivity contribution in [2.45, 2.75) is 19.8 Å². The van der Waals surface area contributed by atoms with Crippen LogP contribution in [0.3, 0.4) is 0 Å². The fraction of sp³-hybridized carbons (Fsp3) is 0.214. The summed E-state index contributed by atoms with van der Waals surface area (Å²) in [7, 11) is 0. The third kappa shape index (κ3) is 3.63. The van der Waals surface area contributed by atoms with Crippen LogP contribution in [-0.2, 0) is 9.59 Å². The van der Waals surface area contributed by atoms with Crippen LogP contribution in [0.5, 0.6) is 0 Å². The molecule has 1 saturated heterocycles. The van der Waals surface area contributed by atoms with E-state index in [1.807, 2.05) is 6.92 Å². The molecule has 1 aliphatic rings. The van der Waals surface area contributed by atoms with Gasteiger partial charge in [-0.25, -0.2) is 4.99 Å². The number of hydrogen-bond acceptors (Lipinski definition) is 4. The lowest BCUT2D eigenvalue weighted by atomic mass is 10.1. The number of amides is 2. The summed E-state index contributed by atoms with van der Waals surface area (Å²) in [6.45, 7) is 1.90. The number of nitrogens with one attached hydrogen (secondary N) is 1. The number of nitrogens with two attached hydrogens (primary N) is 1. The quantitative estimate of drug-likeness (QED) is 0.809. The van der Waals surface area contributed by atoms with Crippen molar-refractivity contribution in [3.8, 4) is 0 Å². The fourth-order valence-corrected chi connectivity index (χ4v) is 3.29. The summed E-state index contributed by atoms with van der Waals surface area (Å²) < 4.78 is 0. The summed E-state index contributed by atoms with van der Waals surface area (Å²) in [5.74, 6) is -0.995. The largest absolute Gasteiger partial charge is 0.366 e. The van der Waals surface area contributed by atoms with E-state index < -0.39 is 11.8 Å². The van der Waals surface area contributed by atoms with E-state index in [9.17, 15) is 9.59 Å². The Labute approximate surface area is 141 Å². The maximum absolute atomic E-state index is 12.0. The van der Waals surface area contributed by atoms with Gasteiger partial charge >= 0.3 is 0 Å². The smallest absolute Gasteiger partial charge is 0.264 e. The molecule has 0 aromatic heterocycles. The van der Waals surface area contributed by atoms with E-state index in [0.29, 0.717) is 39.3 Å². The van der Waals surface area contributed by atoms with E-state index in [-0.39, 0.29) is 4.91 Å². The summed E-state index contributed by atoms with van der Waals surface area (Å²) >= 11 is 13.1. The average Bonchev–Trinajstić information content (AvgIpc) is 2.81. The van der Waals surface area contributed by atoms with Gasteiger partial charge in [0.1, 0.15) is 5.69 Å². The lowest BCUT2D eigenvalue weighted by molar-refractivity contribution is -0.117. The standard InChI is InChI=1S/C14H13Cl2N3O2S/c1-2-4-7(12(17)20)11-13(21)19-14(22-11)18-10-8(15)5-3-6-9(10)16/h3,5-6H,2,4H2,1H3,(H2,17,20)(H,18,19,21)/b11-7-. The lowest BCUT2D eigenvalue weighted by Crippen LogP contribution is -2.22. The lowest BCUT2D eigenvalue weighted by Gasteiger charge is -2.03.